The molecule has 1 spiro atoms. The molecular weight excluding hydrogens is 319 g/mol. The monoisotopic (exact) mass is 342 g/mol. The van der Waals surface area contributed by atoms with Gasteiger partial charge in [-0.05, 0) is 45.0 Å². The zero-order valence-corrected chi connectivity index (χ0v) is 14.5. The molecule has 2 aromatic rings. The molecule has 1 aromatic carbocycles. The Kier molecular flexibility index (Phi) is 4.07. The summed E-state index contributed by atoms with van der Waals surface area (Å²) in [6.45, 7) is 3.67. The van der Waals surface area contributed by atoms with Crippen LogP contribution >= 0.6 is 0 Å². The van der Waals surface area contributed by atoms with Gasteiger partial charge in [0.15, 0.2) is 0 Å². The molecule has 0 radical (unpaired) electrons. The van der Waals surface area contributed by atoms with Gasteiger partial charge in [0, 0.05) is 30.6 Å². The van der Waals surface area contributed by atoms with Gasteiger partial charge in [0.2, 0.25) is 0 Å². The number of benzene rings is 1. The van der Waals surface area contributed by atoms with Crippen molar-refractivity contribution in [1.82, 2.24) is 20.0 Å². The zero-order chi connectivity index (χ0) is 17.4. The number of hydrogen-bond donors (Lipinski definition) is 1. The molecule has 1 amide bonds. The minimum Gasteiger partial charge on any atom is -0.338 e. The predicted octanol–water partition coefficient (Wildman–Crippen LogP) is 2.77. The Bertz CT molecular complexity index is 785. The van der Waals surface area contributed by atoms with E-state index in [1.807, 2.05) is 4.90 Å². The first-order valence-corrected chi connectivity index (χ1v) is 8.84. The van der Waals surface area contributed by atoms with Crippen LogP contribution in [0.5, 0.6) is 0 Å². The lowest BCUT2D eigenvalue weighted by atomic mass is 9.79. The third-order valence-corrected chi connectivity index (χ3v) is 5.59. The quantitative estimate of drug-likeness (QED) is 0.913. The van der Waals surface area contributed by atoms with E-state index in [-0.39, 0.29) is 17.1 Å². The summed E-state index contributed by atoms with van der Waals surface area (Å²) in [4.78, 5) is 17.4. The molecule has 2 saturated heterocycles. The third kappa shape index (κ3) is 2.95. The highest BCUT2D eigenvalue weighted by Crippen LogP contribution is 2.39. The van der Waals surface area contributed by atoms with Gasteiger partial charge >= 0.3 is 0 Å². The number of H-pyrrole nitrogens is 1. The SMILES string of the molecule is CN1CCC2(CCCN(C(=O)c3cn[nH]c3-c3ccccc3F)C2)C1. The highest BCUT2D eigenvalue weighted by Gasteiger charge is 2.41. The molecule has 5 nitrogen and oxygen atoms in total. The van der Waals surface area contributed by atoms with E-state index in [0.29, 0.717) is 16.8 Å². The first-order valence-electron chi connectivity index (χ1n) is 8.84. The van der Waals surface area contributed by atoms with Crippen molar-refractivity contribution < 1.29 is 9.18 Å². The zero-order valence-electron chi connectivity index (χ0n) is 14.5. The number of halogens is 1. The van der Waals surface area contributed by atoms with E-state index in [2.05, 4.69) is 22.1 Å². The molecule has 4 rings (SSSR count). The highest BCUT2D eigenvalue weighted by atomic mass is 19.1. The Labute approximate surface area is 146 Å². The number of amides is 1. The van der Waals surface area contributed by atoms with Gasteiger partial charge in [0.25, 0.3) is 5.91 Å². The molecule has 2 fully saturated rings. The van der Waals surface area contributed by atoms with Crippen LogP contribution in [0.25, 0.3) is 11.3 Å². The second kappa shape index (κ2) is 6.26. The van der Waals surface area contributed by atoms with Gasteiger partial charge in [0.05, 0.1) is 17.5 Å². The van der Waals surface area contributed by atoms with Crippen molar-refractivity contribution in [3.8, 4) is 11.3 Å². The molecule has 132 valence electrons. The summed E-state index contributed by atoms with van der Waals surface area (Å²) in [5, 5.41) is 6.81. The molecule has 0 bridgehead atoms. The van der Waals surface area contributed by atoms with Crippen LogP contribution in [0.1, 0.15) is 29.6 Å². The van der Waals surface area contributed by atoms with E-state index >= 15 is 0 Å². The summed E-state index contributed by atoms with van der Waals surface area (Å²) in [7, 11) is 2.14. The Morgan fingerprint density at radius 3 is 2.84 bits per heavy atom. The van der Waals surface area contributed by atoms with Gasteiger partial charge in [-0.15, -0.1) is 0 Å². The molecule has 1 aromatic heterocycles. The van der Waals surface area contributed by atoms with Crippen LogP contribution in [0.2, 0.25) is 0 Å². The number of carbonyl (C=O) groups is 1. The van der Waals surface area contributed by atoms with Crippen LogP contribution in [0.3, 0.4) is 0 Å². The maximum absolute atomic E-state index is 14.1. The molecule has 0 saturated carbocycles. The van der Waals surface area contributed by atoms with Crippen LogP contribution in [0, 0.1) is 11.2 Å². The van der Waals surface area contributed by atoms with Crippen molar-refractivity contribution in [2.45, 2.75) is 19.3 Å². The van der Waals surface area contributed by atoms with Gasteiger partial charge in [0.1, 0.15) is 5.82 Å². The van der Waals surface area contributed by atoms with Gasteiger partial charge in [-0.3, -0.25) is 9.89 Å². The van der Waals surface area contributed by atoms with E-state index in [1.54, 1.807) is 18.2 Å². The number of hydrogen-bond acceptors (Lipinski definition) is 3. The second-order valence-corrected chi connectivity index (χ2v) is 7.46. The standard InChI is InChI=1S/C19H23FN4O/c1-23-10-8-19(12-23)7-4-9-24(13-19)18(25)15-11-21-22-17(15)14-5-2-3-6-16(14)20/h2-3,5-6,11H,4,7-10,12-13H2,1H3,(H,21,22). The molecule has 1 atom stereocenters. The maximum Gasteiger partial charge on any atom is 0.257 e. The van der Waals surface area contributed by atoms with Crippen molar-refractivity contribution in [2.75, 3.05) is 33.2 Å². The van der Waals surface area contributed by atoms with Crippen LogP contribution in [0.4, 0.5) is 4.39 Å². The number of rotatable bonds is 2. The summed E-state index contributed by atoms with van der Waals surface area (Å²) in [6.07, 6.45) is 4.85. The van der Waals surface area contributed by atoms with Gasteiger partial charge in [-0.2, -0.15) is 5.10 Å². The fraction of sp³-hybridized carbons (Fsp3) is 0.474. The highest BCUT2D eigenvalue weighted by molar-refractivity contribution is 5.99. The van der Waals surface area contributed by atoms with Crippen LogP contribution < -0.4 is 0 Å². The predicted molar refractivity (Wildman–Crippen MR) is 93.7 cm³/mol. The lowest BCUT2D eigenvalue weighted by molar-refractivity contribution is 0.0535. The molecule has 25 heavy (non-hydrogen) atoms. The number of nitrogens with zero attached hydrogens (tertiary/aromatic N) is 3. The topological polar surface area (TPSA) is 52.2 Å². The molecule has 1 N–H and O–H groups in total. The molecule has 2 aliphatic rings. The summed E-state index contributed by atoms with van der Waals surface area (Å²) in [5.41, 5.74) is 1.51. The normalized spacial score (nSPS) is 24.2. The first-order chi connectivity index (χ1) is 12.1. The minimum atomic E-state index is -0.353. The van der Waals surface area contributed by atoms with E-state index in [1.165, 1.54) is 18.7 Å². The average molecular weight is 342 g/mol. The number of carbonyl (C=O) groups excluding carboxylic acids is 1. The Morgan fingerprint density at radius 1 is 1.24 bits per heavy atom. The van der Waals surface area contributed by atoms with E-state index in [0.717, 1.165) is 39.0 Å². The average Bonchev–Trinajstić information content (AvgIpc) is 3.22. The Hall–Kier alpha value is -2.21. The smallest absolute Gasteiger partial charge is 0.257 e. The minimum absolute atomic E-state index is 0.0550. The largest absolute Gasteiger partial charge is 0.338 e. The molecule has 2 aliphatic heterocycles. The van der Waals surface area contributed by atoms with Crippen molar-refractivity contribution in [2.24, 2.45) is 5.41 Å². The van der Waals surface area contributed by atoms with Crippen molar-refractivity contribution >= 4 is 5.91 Å². The lowest BCUT2D eigenvalue weighted by Crippen LogP contribution is -2.47. The van der Waals surface area contributed by atoms with Crippen molar-refractivity contribution in [3.05, 3.63) is 41.8 Å². The summed E-state index contributed by atoms with van der Waals surface area (Å²) in [6, 6.07) is 6.47. The number of aromatic amines is 1. The van der Waals surface area contributed by atoms with Gasteiger partial charge < -0.3 is 9.80 Å². The first kappa shape index (κ1) is 16.3. The van der Waals surface area contributed by atoms with Crippen LogP contribution in [-0.4, -0.2) is 59.1 Å². The maximum atomic E-state index is 14.1. The fourth-order valence-corrected chi connectivity index (χ4v) is 4.36. The molecular formula is C19H23FN4O. The van der Waals surface area contributed by atoms with Crippen molar-refractivity contribution in [1.29, 1.82) is 0 Å². The summed E-state index contributed by atoms with van der Waals surface area (Å²) < 4.78 is 14.1. The molecule has 3 heterocycles. The number of piperidine rings is 1. The van der Waals surface area contributed by atoms with Gasteiger partial charge in [-0.25, -0.2) is 4.39 Å². The van der Waals surface area contributed by atoms with Crippen LogP contribution in [-0.2, 0) is 0 Å². The molecule has 6 heteroatoms. The second-order valence-electron chi connectivity index (χ2n) is 7.46. The summed E-state index contributed by atoms with van der Waals surface area (Å²) in [5.74, 6) is -0.408. The van der Waals surface area contributed by atoms with Crippen LogP contribution in [0.15, 0.2) is 30.5 Å². The number of nitrogens with one attached hydrogen (secondary N) is 1. The Balaban J connectivity index is 1.60. The fourth-order valence-electron chi connectivity index (χ4n) is 4.36. The van der Waals surface area contributed by atoms with Gasteiger partial charge in [-0.1, -0.05) is 12.1 Å². The van der Waals surface area contributed by atoms with E-state index in [9.17, 15) is 9.18 Å². The molecule has 1 unspecified atom stereocenters. The molecule has 0 aliphatic carbocycles. The third-order valence-electron chi connectivity index (χ3n) is 5.59. The lowest BCUT2D eigenvalue weighted by Gasteiger charge is -2.40. The van der Waals surface area contributed by atoms with E-state index < -0.39 is 0 Å². The Morgan fingerprint density at radius 2 is 2.08 bits per heavy atom. The number of aromatic nitrogens is 2. The van der Waals surface area contributed by atoms with E-state index in [4.69, 9.17) is 0 Å². The van der Waals surface area contributed by atoms with Crippen molar-refractivity contribution in [3.63, 3.8) is 0 Å². The number of likely N-dealkylation sites (tertiary alicyclic amines) is 2. The summed E-state index contributed by atoms with van der Waals surface area (Å²) >= 11 is 0.